The Balaban J connectivity index is 0.000000265. The van der Waals surface area contributed by atoms with Crippen molar-refractivity contribution < 1.29 is 14.8 Å². The van der Waals surface area contributed by atoms with Crippen LogP contribution in [0.15, 0.2) is 0 Å². The number of hydrogen-bond donors (Lipinski definition) is 0. The zero-order chi connectivity index (χ0) is 13.4. The van der Waals surface area contributed by atoms with Gasteiger partial charge in [0.15, 0.2) is 0 Å². The summed E-state index contributed by atoms with van der Waals surface area (Å²) in [5, 5.41) is 0. The molecule has 2 aliphatic carbocycles. The first-order valence-electron chi connectivity index (χ1n) is 6.66. The number of rotatable bonds is 1. The van der Waals surface area contributed by atoms with Crippen molar-refractivity contribution in [3.05, 3.63) is 6.92 Å². The van der Waals surface area contributed by atoms with Crippen LogP contribution in [0.3, 0.4) is 0 Å². The Labute approximate surface area is 143 Å². The molecule has 0 aromatic rings. The molecule has 98 valence electrons. The van der Waals surface area contributed by atoms with E-state index >= 15 is 0 Å². The second kappa shape index (κ2) is 9.90. The van der Waals surface area contributed by atoms with Crippen LogP contribution in [-0.2, 0) is 14.8 Å². The van der Waals surface area contributed by atoms with E-state index in [0.717, 1.165) is 5.41 Å². The third-order valence-electron chi connectivity index (χ3n) is 3.94. The molecule has 17 heavy (non-hydrogen) atoms. The summed E-state index contributed by atoms with van der Waals surface area (Å²) in [5.41, 5.74) is 1.17. The summed E-state index contributed by atoms with van der Waals surface area (Å²) >= 11 is 6.13. The van der Waals surface area contributed by atoms with Crippen LogP contribution in [0.5, 0.6) is 0 Å². The first-order chi connectivity index (χ1) is 7.97. The van der Waals surface area contributed by atoms with E-state index in [0.29, 0.717) is 5.41 Å². The van der Waals surface area contributed by atoms with Gasteiger partial charge in [-0.2, -0.15) is 5.41 Å². The first-order valence-corrected chi connectivity index (χ1v) is 17.2. The summed E-state index contributed by atoms with van der Waals surface area (Å²) in [7, 11) is 0. The molecule has 0 nitrogen and oxygen atoms in total. The van der Waals surface area contributed by atoms with Gasteiger partial charge in [-0.05, 0) is 18.3 Å². The normalized spacial score (nSPS) is 24.4. The Kier molecular flexibility index (Phi) is 11.1. The van der Waals surface area contributed by atoms with Gasteiger partial charge in [0.2, 0.25) is 0 Å². The van der Waals surface area contributed by atoms with Crippen molar-refractivity contribution in [3.63, 3.8) is 0 Å². The molecule has 0 atom stereocenters. The Morgan fingerprint density at radius 3 is 1.47 bits per heavy atom. The summed E-state index contributed by atoms with van der Waals surface area (Å²) in [6.45, 7) is 8.73. The van der Waals surface area contributed by atoms with Crippen molar-refractivity contribution in [1.29, 1.82) is 0 Å². The van der Waals surface area contributed by atoms with Gasteiger partial charge in [-0.3, -0.25) is 0 Å². The van der Waals surface area contributed by atoms with Gasteiger partial charge in [-0.25, -0.2) is 0 Å². The molecule has 0 spiro atoms. The zero-order valence-electron chi connectivity index (χ0n) is 11.5. The summed E-state index contributed by atoms with van der Waals surface area (Å²) in [4.78, 5) is 0. The van der Waals surface area contributed by atoms with Crippen LogP contribution < -0.4 is 0 Å². The molecule has 0 heterocycles. The Morgan fingerprint density at radius 2 is 1.29 bits per heavy atom. The second-order valence-electron chi connectivity index (χ2n) is 6.17. The van der Waals surface area contributed by atoms with Gasteiger partial charge in [-0.1, -0.05) is 75.0 Å². The number of hydrogen-bond acceptors (Lipinski definition) is 0. The molecule has 2 rings (SSSR count). The molecule has 2 aliphatic rings. The third kappa shape index (κ3) is 8.78. The summed E-state index contributed by atoms with van der Waals surface area (Å²) in [6, 6.07) is 0. The molecule has 0 saturated heterocycles. The average Bonchev–Trinajstić information content (AvgIpc) is 2.92. The molecule has 0 aromatic heterocycles. The van der Waals surface area contributed by atoms with Gasteiger partial charge in [-0.15, -0.1) is 0 Å². The van der Waals surface area contributed by atoms with Crippen molar-refractivity contribution in [3.8, 4) is 0 Å². The van der Waals surface area contributed by atoms with Crippen LogP contribution in [0, 0.1) is 17.8 Å². The van der Waals surface area contributed by atoms with Gasteiger partial charge in [0.25, 0.3) is 0 Å². The second-order valence-corrected chi connectivity index (χ2v) is 6.93. The molecule has 0 aromatic carbocycles. The SMILES string of the molecule is CC1(CI)CCCC1.[CH2-]C1(C)CCCC1.[Zn+][I]. The predicted molar refractivity (Wildman–Crippen MR) is 91.4 cm³/mol. The Morgan fingerprint density at radius 1 is 0.941 bits per heavy atom. The molecule has 0 N–H and O–H groups in total. The maximum absolute atomic E-state index is 4.07. The van der Waals surface area contributed by atoms with Crippen LogP contribution in [0.25, 0.3) is 0 Å². The fraction of sp³-hybridized carbons (Fsp3) is 0.929. The molecular weight excluding hydrogens is 487 g/mol. The fourth-order valence-corrected chi connectivity index (χ4v) is 3.35. The minimum atomic E-state index is 0.444. The van der Waals surface area contributed by atoms with Crippen molar-refractivity contribution in [2.24, 2.45) is 10.8 Å². The van der Waals surface area contributed by atoms with Crippen LogP contribution in [0.4, 0.5) is 0 Å². The molecule has 0 aliphatic heterocycles. The average molecular weight is 514 g/mol. The Bertz CT molecular complexity index is 179. The quantitative estimate of drug-likeness (QED) is 0.167. The van der Waals surface area contributed by atoms with Crippen LogP contribution >= 0.6 is 42.3 Å². The molecular formula is C14H26I2Zn. The van der Waals surface area contributed by atoms with Gasteiger partial charge in [0.05, 0.1) is 0 Å². The first kappa shape index (κ1) is 19.1. The standard InChI is InChI=1S/C7H13I.C7H13.HI.Zn/c1-7(6-8)4-2-3-5-7;1-7(2)5-3-4-6-7;;/h2-6H2,1H3;1,3-6H2,2H3;1H;/q;-1;;+2/p-1. The van der Waals surface area contributed by atoms with E-state index in [-0.39, 0.29) is 0 Å². The molecule has 0 unspecified atom stereocenters. The minimum absolute atomic E-state index is 0.444. The summed E-state index contributed by atoms with van der Waals surface area (Å²) in [5.74, 6) is 0. The maximum atomic E-state index is 4.07. The number of alkyl halides is 1. The van der Waals surface area contributed by atoms with Gasteiger partial charge in [0.1, 0.15) is 0 Å². The van der Waals surface area contributed by atoms with E-state index in [4.69, 9.17) is 0 Å². The van der Waals surface area contributed by atoms with Crippen molar-refractivity contribution in [2.45, 2.75) is 65.2 Å². The molecule has 0 radical (unpaired) electrons. The number of halogens is 2. The van der Waals surface area contributed by atoms with E-state index in [1.165, 1.54) is 70.6 Å². The molecule has 0 bridgehead atoms. The van der Waals surface area contributed by atoms with E-state index in [1.807, 2.05) is 0 Å². The zero-order valence-corrected chi connectivity index (χ0v) is 18.8. The van der Waals surface area contributed by atoms with Crippen LogP contribution in [0.1, 0.15) is 65.2 Å². The van der Waals surface area contributed by atoms with Gasteiger partial charge < -0.3 is 6.92 Å². The third-order valence-corrected chi connectivity index (χ3v) is 5.79. The summed E-state index contributed by atoms with van der Waals surface area (Å²) < 4.78 is 1.35. The van der Waals surface area contributed by atoms with Crippen molar-refractivity contribution in [2.75, 3.05) is 4.43 Å². The van der Waals surface area contributed by atoms with Gasteiger partial charge >= 0.3 is 34.5 Å². The van der Waals surface area contributed by atoms with Crippen molar-refractivity contribution in [1.82, 2.24) is 0 Å². The van der Waals surface area contributed by atoms with Crippen LogP contribution in [-0.4, -0.2) is 4.43 Å². The predicted octanol–water partition coefficient (Wildman–Crippen LogP) is 6.29. The monoisotopic (exact) mass is 512 g/mol. The van der Waals surface area contributed by atoms with E-state index in [1.54, 1.807) is 0 Å². The molecule has 2 fully saturated rings. The van der Waals surface area contributed by atoms with Crippen molar-refractivity contribution >= 4 is 42.3 Å². The topological polar surface area (TPSA) is 0 Å². The van der Waals surface area contributed by atoms with E-state index in [2.05, 4.69) is 63.1 Å². The molecule has 0 amide bonds. The van der Waals surface area contributed by atoms with Gasteiger partial charge in [0, 0.05) is 4.43 Å². The molecule has 2 saturated carbocycles. The molecule has 3 heteroatoms. The Hall–Kier alpha value is 2.08. The van der Waals surface area contributed by atoms with Crippen LogP contribution in [0.2, 0.25) is 0 Å². The summed E-state index contributed by atoms with van der Waals surface area (Å²) in [6.07, 6.45) is 11.4. The van der Waals surface area contributed by atoms with E-state index in [9.17, 15) is 0 Å². The fourth-order valence-electron chi connectivity index (χ4n) is 2.59. The van der Waals surface area contributed by atoms with E-state index < -0.39 is 0 Å².